The average Bonchev–Trinajstić information content (AvgIpc) is 3.52. The molecular formula is C28H32F3N5O3. The lowest BCUT2D eigenvalue weighted by Gasteiger charge is -2.30. The molecule has 11 heteroatoms. The summed E-state index contributed by atoms with van der Waals surface area (Å²) >= 11 is 0. The Kier molecular flexibility index (Phi) is 7.51. The van der Waals surface area contributed by atoms with E-state index in [1.807, 2.05) is 10.9 Å². The Hall–Kier alpha value is -3.63. The monoisotopic (exact) mass is 543 g/mol. The van der Waals surface area contributed by atoms with Gasteiger partial charge in [-0.3, -0.25) is 14.3 Å². The van der Waals surface area contributed by atoms with E-state index in [1.54, 1.807) is 12.1 Å². The maximum atomic E-state index is 13.1. The Bertz CT molecular complexity index is 1360. The molecule has 0 radical (unpaired) electrons. The Morgan fingerprint density at radius 1 is 1.18 bits per heavy atom. The lowest BCUT2D eigenvalue weighted by molar-refractivity contribution is -0.141. The van der Waals surface area contributed by atoms with Gasteiger partial charge in [-0.25, -0.2) is 4.98 Å². The summed E-state index contributed by atoms with van der Waals surface area (Å²) in [6, 6.07) is 6.73. The van der Waals surface area contributed by atoms with Crippen LogP contribution < -0.4 is 15.4 Å². The van der Waals surface area contributed by atoms with Crippen molar-refractivity contribution in [3.05, 3.63) is 47.9 Å². The molecule has 2 fully saturated rings. The highest BCUT2D eigenvalue weighted by molar-refractivity contribution is 6.05. The van der Waals surface area contributed by atoms with Crippen LogP contribution in [-0.4, -0.2) is 39.2 Å². The fourth-order valence-electron chi connectivity index (χ4n) is 5.41. The largest absolute Gasteiger partial charge is 0.489 e. The average molecular weight is 544 g/mol. The molecule has 0 bridgehead atoms. The van der Waals surface area contributed by atoms with Crippen LogP contribution in [0.4, 0.5) is 18.9 Å². The van der Waals surface area contributed by atoms with Crippen LogP contribution in [0.25, 0.3) is 10.9 Å². The number of amides is 2. The fourth-order valence-corrected chi connectivity index (χ4v) is 5.41. The van der Waals surface area contributed by atoms with Crippen LogP contribution in [0.5, 0.6) is 5.75 Å². The van der Waals surface area contributed by atoms with E-state index < -0.39 is 17.8 Å². The summed E-state index contributed by atoms with van der Waals surface area (Å²) in [7, 11) is 0. The highest BCUT2D eigenvalue weighted by Gasteiger charge is 2.33. The minimum atomic E-state index is -4.67. The Morgan fingerprint density at radius 2 is 1.95 bits per heavy atom. The number of carbonyl (C=O) groups excluding carboxylic acids is 2. The van der Waals surface area contributed by atoms with Crippen LogP contribution in [0.1, 0.15) is 74.6 Å². The van der Waals surface area contributed by atoms with E-state index in [4.69, 9.17) is 9.84 Å². The number of anilines is 1. The molecule has 8 nitrogen and oxygen atoms in total. The van der Waals surface area contributed by atoms with Crippen molar-refractivity contribution in [2.75, 3.05) is 11.9 Å². The number of nitrogens with one attached hydrogen (secondary N) is 2. The number of halogens is 3. The molecule has 1 saturated heterocycles. The number of aromatic nitrogens is 3. The Morgan fingerprint density at radius 3 is 2.62 bits per heavy atom. The summed E-state index contributed by atoms with van der Waals surface area (Å²) in [5, 5.41) is 11.1. The van der Waals surface area contributed by atoms with Crippen LogP contribution in [0.15, 0.2) is 36.5 Å². The molecule has 5 rings (SSSR count). The minimum Gasteiger partial charge on any atom is -0.489 e. The number of rotatable bonds is 7. The van der Waals surface area contributed by atoms with Crippen molar-refractivity contribution < 1.29 is 27.5 Å². The van der Waals surface area contributed by atoms with Gasteiger partial charge in [0.15, 0.2) is 0 Å². The van der Waals surface area contributed by atoms with Gasteiger partial charge in [-0.15, -0.1) is 0 Å². The number of carbonyl (C=O) groups is 2. The van der Waals surface area contributed by atoms with E-state index in [2.05, 4.69) is 29.5 Å². The SMILES string of the molecule is CC(C)C1CCC(n2cc3cc(NC(=O)c4cccc(C(F)(F)F)n4)c(OC[C@H]4CCC(=O)N4)cc3n2)CC1. The third kappa shape index (κ3) is 6.17. The standard InChI is InChI=1S/C28H32F3N5O3/c1-16(2)17-6-9-20(10-7-17)36-14-18-12-23(34-27(38)21-4-3-5-25(33-21)28(29,30)31)24(13-22(18)35-36)39-15-19-8-11-26(37)32-19/h3-5,12-14,16-17,19-20H,6-11,15H2,1-2H3,(H,32,37)(H,34,38)/t17?,19-,20?/m1/s1. The molecular weight excluding hydrogens is 511 g/mol. The number of hydrogen-bond donors (Lipinski definition) is 2. The summed E-state index contributed by atoms with van der Waals surface area (Å²) < 4.78 is 47.4. The van der Waals surface area contributed by atoms with Gasteiger partial charge in [-0.05, 0) is 62.1 Å². The van der Waals surface area contributed by atoms with Crippen LogP contribution in [0, 0.1) is 11.8 Å². The van der Waals surface area contributed by atoms with Crippen molar-refractivity contribution in [1.29, 1.82) is 0 Å². The summed E-state index contributed by atoms with van der Waals surface area (Å²) in [6.45, 7) is 4.70. The number of hydrogen-bond acceptors (Lipinski definition) is 5. The predicted molar refractivity (Wildman–Crippen MR) is 139 cm³/mol. The van der Waals surface area contributed by atoms with Gasteiger partial charge in [0.2, 0.25) is 5.91 Å². The van der Waals surface area contributed by atoms with Crippen molar-refractivity contribution in [2.45, 2.75) is 70.6 Å². The minimum absolute atomic E-state index is 0.0471. The quantitative estimate of drug-likeness (QED) is 0.396. The molecule has 208 valence electrons. The summed E-state index contributed by atoms with van der Waals surface area (Å²) in [4.78, 5) is 28.0. The van der Waals surface area contributed by atoms with Crippen molar-refractivity contribution >= 4 is 28.4 Å². The van der Waals surface area contributed by atoms with E-state index in [0.29, 0.717) is 41.6 Å². The maximum absolute atomic E-state index is 13.1. The van der Waals surface area contributed by atoms with E-state index in [1.165, 1.54) is 6.07 Å². The first-order chi connectivity index (χ1) is 18.6. The molecule has 3 aromatic rings. The van der Waals surface area contributed by atoms with Gasteiger partial charge >= 0.3 is 6.18 Å². The second-order valence-corrected chi connectivity index (χ2v) is 10.8. The van der Waals surface area contributed by atoms with Crippen molar-refractivity contribution in [2.24, 2.45) is 11.8 Å². The summed E-state index contributed by atoms with van der Waals surface area (Å²) in [6.07, 6.45) is 2.67. The van der Waals surface area contributed by atoms with Gasteiger partial charge in [-0.1, -0.05) is 19.9 Å². The number of ether oxygens (including phenoxy) is 1. The van der Waals surface area contributed by atoms with Gasteiger partial charge in [0.1, 0.15) is 23.7 Å². The van der Waals surface area contributed by atoms with Gasteiger partial charge in [0, 0.05) is 24.1 Å². The third-order valence-corrected chi connectivity index (χ3v) is 7.73. The number of fused-ring (bicyclic) bond motifs is 1. The van der Waals surface area contributed by atoms with Gasteiger partial charge in [0.05, 0.1) is 23.3 Å². The topological polar surface area (TPSA) is 98.1 Å². The first-order valence-electron chi connectivity index (χ1n) is 13.4. The van der Waals surface area contributed by atoms with E-state index in [0.717, 1.165) is 43.2 Å². The molecule has 1 aliphatic heterocycles. The van der Waals surface area contributed by atoms with E-state index in [-0.39, 0.29) is 30.3 Å². The van der Waals surface area contributed by atoms with Crippen LogP contribution >= 0.6 is 0 Å². The zero-order chi connectivity index (χ0) is 27.7. The van der Waals surface area contributed by atoms with Crippen LogP contribution in [-0.2, 0) is 11.0 Å². The van der Waals surface area contributed by atoms with Gasteiger partial charge in [0.25, 0.3) is 5.91 Å². The number of benzene rings is 1. The smallest absolute Gasteiger partial charge is 0.433 e. The molecule has 2 aromatic heterocycles. The first-order valence-corrected chi connectivity index (χ1v) is 13.4. The molecule has 1 atom stereocenters. The fraction of sp³-hybridized carbons (Fsp3) is 0.500. The van der Waals surface area contributed by atoms with E-state index >= 15 is 0 Å². The lowest BCUT2D eigenvalue weighted by Crippen LogP contribution is -2.31. The van der Waals surface area contributed by atoms with Crippen LogP contribution in [0.3, 0.4) is 0 Å². The van der Waals surface area contributed by atoms with Gasteiger partial charge in [-0.2, -0.15) is 18.3 Å². The van der Waals surface area contributed by atoms with E-state index in [9.17, 15) is 22.8 Å². The third-order valence-electron chi connectivity index (χ3n) is 7.73. The van der Waals surface area contributed by atoms with Crippen molar-refractivity contribution in [3.63, 3.8) is 0 Å². The normalized spacial score (nSPS) is 21.8. The molecule has 39 heavy (non-hydrogen) atoms. The van der Waals surface area contributed by atoms with Crippen molar-refractivity contribution in [1.82, 2.24) is 20.1 Å². The molecule has 1 saturated carbocycles. The molecule has 2 aliphatic rings. The molecule has 0 unspecified atom stereocenters. The zero-order valence-electron chi connectivity index (χ0n) is 21.9. The number of pyridine rings is 1. The highest BCUT2D eigenvalue weighted by atomic mass is 19.4. The molecule has 3 heterocycles. The molecule has 1 aliphatic carbocycles. The predicted octanol–water partition coefficient (Wildman–Crippen LogP) is 5.75. The van der Waals surface area contributed by atoms with Crippen molar-refractivity contribution in [3.8, 4) is 5.75 Å². The molecule has 0 spiro atoms. The lowest BCUT2D eigenvalue weighted by atomic mass is 9.80. The van der Waals surface area contributed by atoms with Crippen LogP contribution in [0.2, 0.25) is 0 Å². The second-order valence-electron chi connectivity index (χ2n) is 10.8. The first kappa shape index (κ1) is 27.0. The molecule has 2 N–H and O–H groups in total. The Balaban J connectivity index is 1.41. The maximum Gasteiger partial charge on any atom is 0.433 e. The molecule has 1 aromatic carbocycles. The van der Waals surface area contributed by atoms with Gasteiger partial charge < -0.3 is 15.4 Å². The number of alkyl halides is 3. The zero-order valence-corrected chi connectivity index (χ0v) is 21.9. The number of nitrogens with zero attached hydrogens (tertiary/aromatic N) is 3. The second kappa shape index (κ2) is 10.9. The summed E-state index contributed by atoms with van der Waals surface area (Å²) in [5.41, 5.74) is -0.537. The molecule has 2 amide bonds. The Labute approximate surface area is 224 Å². The summed E-state index contributed by atoms with van der Waals surface area (Å²) in [5.74, 6) is 0.851. The highest BCUT2D eigenvalue weighted by Crippen LogP contribution is 2.37.